The summed E-state index contributed by atoms with van der Waals surface area (Å²) in [6.45, 7) is 4.06. The van der Waals surface area contributed by atoms with Gasteiger partial charge >= 0.3 is 0 Å². The molecule has 6 nitrogen and oxygen atoms in total. The molecular weight excluding hydrogens is 314 g/mol. The van der Waals surface area contributed by atoms with Gasteiger partial charge in [-0.2, -0.15) is 0 Å². The Morgan fingerprint density at radius 1 is 1.22 bits per heavy atom. The molecule has 2 rings (SSSR count). The van der Waals surface area contributed by atoms with Crippen molar-refractivity contribution in [1.82, 2.24) is 9.88 Å². The number of amides is 1. The number of carbonyl (C=O) groups excluding carboxylic acids is 1. The Bertz CT molecular complexity index is 830. The van der Waals surface area contributed by atoms with Gasteiger partial charge in [-0.1, -0.05) is 29.8 Å². The molecule has 7 heteroatoms. The number of sulfonamides is 1. The van der Waals surface area contributed by atoms with Gasteiger partial charge in [-0.25, -0.2) is 13.6 Å². The van der Waals surface area contributed by atoms with E-state index >= 15 is 0 Å². The fourth-order valence-electron chi connectivity index (χ4n) is 2.13. The van der Waals surface area contributed by atoms with Gasteiger partial charge in [0, 0.05) is 19.8 Å². The number of hydrogen-bond acceptors (Lipinski definition) is 4. The van der Waals surface area contributed by atoms with Crippen LogP contribution in [0.1, 0.15) is 27.2 Å². The van der Waals surface area contributed by atoms with Crippen molar-refractivity contribution < 1.29 is 13.2 Å². The summed E-state index contributed by atoms with van der Waals surface area (Å²) in [5, 5.41) is 5.10. The fourth-order valence-corrected chi connectivity index (χ4v) is 2.61. The van der Waals surface area contributed by atoms with Crippen molar-refractivity contribution in [1.29, 1.82) is 0 Å². The number of nitrogens with two attached hydrogens (primary N) is 1. The summed E-state index contributed by atoms with van der Waals surface area (Å²) in [5.74, 6) is -0.305. The quantitative estimate of drug-likeness (QED) is 0.920. The van der Waals surface area contributed by atoms with Gasteiger partial charge in [-0.05, 0) is 25.5 Å². The number of aromatic nitrogens is 1. The van der Waals surface area contributed by atoms with Crippen LogP contribution in [0.4, 0.5) is 0 Å². The van der Waals surface area contributed by atoms with Crippen molar-refractivity contribution in [2.45, 2.75) is 25.3 Å². The second-order valence-corrected chi connectivity index (χ2v) is 7.06. The summed E-state index contributed by atoms with van der Waals surface area (Å²) >= 11 is 0. The summed E-state index contributed by atoms with van der Waals surface area (Å²) in [5.41, 5.74) is 2.81. The SMILES string of the molecule is Cc1ccc(CN(C)C(=O)c2cc(S(N)(=O)=O)cnc2C)cc1. The summed E-state index contributed by atoms with van der Waals surface area (Å²) in [6, 6.07) is 9.12. The molecule has 23 heavy (non-hydrogen) atoms. The Hall–Kier alpha value is -2.25. The first-order valence-electron chi connectivity index (χ1n) is 6.99. The Labute approximate surface area is 136 Å². The molecular formula is C16H19N3O3S. The molecule has 2 N–H and O–H groups in total. The highest BCUT2D eigenvalue weighted by molar-refractivity contribution is 7.89. The smallest absolute Gasteiger partial charge is 0.255 e. The maximum absolute atomic E-state index is 12.6. The zero-order valence-electron chi connectivity index (χ0n) is 13.3. The minimum Gasteiger partial charge on any atom is -0.337 e. The average Bonchev–Trinajstić information content (AvgIpc) is 2.48. The van der Waals surface area contributed by atoms with Crippen molar-refractivity contribution in [3.8, 4) is 0 Å². The number of benzene rings is 1. The Morgan fingerprint density at radius 3 is 2.39 bits per heavy atom. The monoisotopic (exact) mass is 333 g/mol. The fraction of sp³-hybridized carbons (Fsp3) is 0.250. The van der Waals surface area contributed by atoms with Gasteiger partial charge in [0.1, 0.15) is 4.90 Å². The van der Waals surface area contributed by atoms with Crippen molar-refractivity contribution >= 4 is 15.9 Å². The number of carbonyl (C=O) groups is 1. The minimum atomic E-state index is -3.90. The third-order valence-corrected chi connectivity index (χ3v) is 4.39. The summed E-state index contributed by atoms with van der Waals surface area (Å²) in [7, 11) is -2.24. The number of hydrogen-bond donors (Lipinski definition) is 1. The van der Waals surface area contributed by atoms with Crippen LogP contribution < -0.4 is 5.14 Å². The van der Waals surface area contributed by atoms with E-state index in [9.17, 15) is 13.2 Å². The van der Waals surface area contributed by atoms with E-state index in [-0.39, 0.29) is 16.4 Å². The lowest BCUT2D eigenvalue weighted by Gasteiger charge is -2.18. The molecule has 1 aromatic carbocycles. The number of aryl methyl sites for hydroxylation is 2. The molecule has 1 amide bonds. The highest BCUT2D eigenvalue weighted by Gasteiger charge is 2.19. The molecule has 0 aliphatic carbocycles. The molecule has 0 unspecified atom stereocenters. The van der Waals surface area contributed by atoms with Crippen LogP contribution in [-0.2, 0) is 16.6 Å². The van der Waals surface area contributed by atoms with Crippen LogP contribution >= 0.6 is 0 Å². The summed E-state index contributed by atoms with van der Waals surface area (Å²) < 4.78 is 22.8. The van der Waals surface area contributed by atoms with E-state index in [0.29, 0.717) is 12.2 Å². The summed E-state index contributed by atoms with van der Waals surface area (Å²) in [4.78, 5) is 17.9. The molecule has 1 heterocycles. The van der Waals surface area contributed by atoms with Crippen LogP contribution in [0.15, 0.2) is 41.4 Å². The maximum atomic E-state index is 12.6. The molecule has 0 saturated heterocycles. The maximum Gasteiger partial charge on any atom is 0.255 e. The highest BCUT2D eigenvalue weighted by Crippen LogP contribution is 2.15. The molecule has 0 saturated carbocycles. The minimum absolute atomic E-state index is 0.171. The number of pyridine rings is 1. The lowest BCUT2D eigenvalue weighted by Crippen LogP contribution is -2.27. The van der Waals surface area contributed by atoms with Gasteiger partial charge < -0.3 is 4.90 Å². The largest absolute Gasteiger partial charge is 0.337 e. The van der Waals surface area contributed by atoms with Gasteiger partial charge in [-0.15, -0.1) is 0 Å². The molecule has 122 valence electrons. The normalized spacial score (nSPS) is 11.3. The average molecular weight is 333 g/mol. The van der Waals surface area contributed by atoms with E-state index in [1.54, 1.807) is 14.0 Å². The van der Waals surface area contributed by atoms with Gasteiger partial charge in [0.25, 0.3) is 5.91 Å². The summed E-state index contributed by atoms with van der Waals surface area (Å²) in [6.07, 6.45) is 1.15. The predicted molar refractivity (Wildman–Crippen MR) is 87.3 cm³/mol. The van der Waals surface area contributed by atoms with Crippen LogP contribution in [0, 0.1) is 13.8 Å². The first-order chi connectivity index (χ1) is 10.7. The standard InChI is InChI=1S/C16H19N3O3S/c1-11-4-6-13(7-5-11)10-19(3)16(20)15-8-14(23(17,21)22)9-18-12(15)2/h4-9H,10H2,1-3H3,(H2,17,21,22). The zero-order chi connectivity index (χ0) is 17.2. The van der Waals surface area contributed by atoms with E-state index in [1.165, 1.54) is 11.0 Å². The molecule has 0 fully saturated rings. The Kier molecular flexibility index (Phi) is 4.82. The topological polar surface area (TPSA) is 93.4 Å². The number of nitrogens with zero attached hydrogens (tertiary/aromatic N) is 2. The van der Waals surface area contributed by atoms with Gasteiger partial charge in [-0.3, -0.25) is 9.78 Å². The van der Waals surface area contributed by atoms with Gasteiger partial charge in [0.2, 0.25) is 10.0 Å². The molecule has 0 aliphatic rings. The van der Waals surface area contributed by atoms with E-state index in [2.05, 4.69) is 4.98 Å². The van der Waals surface area contributed by atoms with Crippen LogP contribution in [0.3, 0.4) is 0 Å². The predicted octanol–water partition coefficient (Wildman–Crippen LogP) is 1.62. The van der Waals surface area contributed by atoms with E-state index < -0.39 is 10.0 Å². The van der Waals surface area contributed by atoms with E-state index in [0.717, 1.165) is 17.3 Å². The third-order valence-electron chi connectivity index (χ3n) is 3.51. The van der Waals surface area contributed by atoms with Crippen molar-refractivity contribution in [2.24, 2.45) is 5.14 Å². The van der Waals surface area contributed by atoms with E-state index in [1.807, 2.05) is 31.2 Å². The molecule has 0 radical (unpaired) electrons. The molecule has 2 aromatic rings. The second-order valence-electron chi connectivity index (χ2n) is 5.50. The first-order valence-corrected chi connectivity index (χ1v) is 8.53. The van der Waals surface area contributed by atoms with Crippen molar-refractivity contribution in [3.05, 3.63) is 58.9 Å². The lowest BCUT2D eigenvalue weighted by molar-refractivity contribution is 0.0783. The first kappa shape index (κ1) is 17.1. The highest BCUT2D eigenvalue weighted by atomic mass is 32.2. The zero-order valence-corrected chi connectivity index (χ0v) is 14.1. The third kappa shape index (κ3) is 4.14. The van der Waals surface area contributed by atoms with Gasteiger partial charge in [0.05, 0.1) is 11.3 Å². The van der Waals surface area contributed by atoms with E-state index in [4.69, 9.17) is 5.14 Å². The Morgan fingerprint density at radius 2 is 1.83 bits per heavy atom. The number of primary sulfonamides is 1. The van der Waals surface area contributed by atoms with Crippen molar-refractivity contribution in [2.75, 3.05) is 7.05 Å². The van der Waals surface area contributed by atoms with Crippen LogP contribution in [0.5, 0.6) is 0 Å². The van der Waals surface area contributed by atoms with Crippen molar-refractivity contribution in [3.63, 3.8) is 0 Å². The lowest BCUT2D eigenvalue weighted by atomic mass is 10.1. The molecule has 0 bridgehead atoms. The van der Waals surface area contributed by atoms with Crippen LogP contribution in [-0.4, -0.2) is 31.3 Å². The molecule has 0 aliphatic heterocycles. The van der Waals surface area contributed by atoms with Crippen LogP contribution in [0.25, 0.3) is 0 Å². The molecule has 0 atom stereocenters. The Balaban J connectivity index is 2.27. The molecule has 0 spiro atoms. The van der Waals surface area contributed by atoms with Gasteiger partial charge in [0.15, 0.2) is 0 Å². The van der Waals surface area contributed by atoms with Crippen LogP contribution in [0.2, 0.25) is 0 Å². The molecule has 1 aromatic heterocycles. The number of rotatable bonds is 4. The second kappa shape index (κ2) is 6.47.